The molecule has 4 nitrogen and oxygen atoms in total. The molecule has 120 valence electrons. The minimum Gasteiger partial charge on any atom is -0.311 e. The summed E-state index contributed by atoms with van der Waals surface area (Å²) in [5.41, 5.74) is 2.12. The summed E-state index contributed by atoms with van der Waals surface area (Å²) >= 11 is 1.65. The zero-order valence-corrected chi connectivity index (χ0v) is 14.0. The molecule has 2 saturated heterocycles. The molecule has 2 aromatic rings. The second kappa shape index (κ2) is 6.06. The van der Waals surface area contributed by atoms with Crippen molar-refractivity contribution in [2.75, 3.05) is 24.5 Å². The number of carbonyl (C=O) groups is 1. The first kappa shape index (κ1) is 14.8. The number of carbonyl (C=O) groups excluding carboxylic acids is 1. The number of thiophene rings is 1. The van der Waals surface area contributed by atoms with Crippen LogP contribution in [0.4, 0.5) is 5.69 Å². The fraction of sp³-hybridized carbons (Fsp3) is 0.444. The fourth-order valence-corrected chi connectivity index (χ4v) is 4.61. The summed E-state index contributed by atoms with van der Waals surface area (Å²) in [6, 6.07) is 6.15. The molecule has 1 atom stereocenters. The Labute approximate surface area is 140 Å². The fourth-order valence-electron chi connectivity index (χ4n) is 3.97. The molecule has 23 heavy (non-hydrogen) atoms. The van der Waals surface area contributed by atoms with E-state index in [1.54, 1.807) is 17.5 Å². The molecule has 0 aliphatic carbocycles. The van der Waals surface area contributed by atoms with Crippen LogP contribution in [-0.2, 0) is 11.3 Å². The first-order valence-electron chi connectivity index (χ1n) is 8.22. The van der Waals surface area contributed by atoms with Crippen LogP contribution in [0, 0.1) is 5.41 Å². The SMILES string of the molecule is O=C1N(c2ccsc2)CCC12CCCN(Cc1cccnc1)C2. The van der Waals surface area contributed by atoms with Crippen LogP contribution in [-0.4, -0.2) is 35.4 Å². The number of pyridine rings is 1. The number of aromatic nitrogens is 1. The van der Waals surface area contributed by atoms with Crippen molar-refractivity contribution >= 4 is 22.9 Å². The number of nitrogens with zero attached hydrogens (tertiary/aromatic N) is 3. The van der Waals surface area contributed by atoms with Crippen LogP contribution in [0.2, 0.25) is 0 Å². The van der Waals surface area contributed by atoms with Crippen LogP contribution >= 0.6 is 11.3 Å². The predicted octanol–water partition coefficient (Wildman–Crippen LogP) is 3.16. The molecular formula is C18H21N3OS. The zero-order valence-electron chi connectivity index (χ0n) is 13.1. The molecular weight excluding hydrogens is 306 g/mol. The van der Waals surface area contributed by atoms with Crippen molar-refractivity contribution in [2.45, 2.75) is 25.8 Å². The molecule has 0 radical (unpaired) electrons. The summed E-state index contributed by atoms with van der Waals surface area (Å²) in [5.74, 6) is 0.326. The van der Waals surface area contributed by atoms with Gasteiger partial charge >= 0.3 is 0 Å². The monoisotopic (exact) mass is 327 g/mol. The molecule has 1 spiro atoms. The van der Waals surface area contributed by atoms with E-state index in [-0.39, 0.29) is 5.41 Å². The number of rotatable bonds is 3. The number of anilines is 1. The van der Waals surface area contributed by atoms with E-state index >= 15 is 0 Å². The van der Waals surface area contributed by atoms with E-state index in [1.165, 1.54) is 5.56 Å². The Bertz CT molecular complexity index is 673. The van der Waals surface area contributed by atoms with Crippen LogP contribution in [0.15, 0.2) is 41.4 Å². The minimum atomic E-state index is -0.178. The van der Waals surface area contributed by atoms with Crippen LogP contribution in [0.5, 0.6) is 0 Å². The lowest BCUT2D eigenvalue weighted by molar-refractivity contribution is -0.128. The number of hydrogen-bond acceptors (Lipinski definition) is 4. The quantitative estimate of drug-likeness (QED) is 0.869. The van der Waals surface area contributed by atoms with Gasteiger partial charge in [-0.1, -0.05) is 6.07 Å². The highest BCUT2D eigenvalue weighted by atomic mass is 32.1. The van der Waals surface area contributed by atoms with Gasteiger partial charge in [0.25, 0.3) is 0 Å². The predicted molar refractivity (Wildman–Crippen MR) is 92.5 cm³/mol. The molecule has 5 heteroatoms. The maximum atomic E-state index is 13.1. The number of amides is 1. The van der Waals surface area contributed by atoms with Gasteiger partial charge in [0.1, 0.15) is 0 Å². The largest absolute Gasteiger partial charge is 0.311 e. The number of likely N-dealkylation sites (tertiary alicyclic amines) is 1. The molecule has 0 aromatic carbocycles. The van der Waals surface area contributed by atoms with Crippen molar-refractivity contribution in [1.29, 1.82) is 0 Å². The van der Waals surface area contributed by atoms with Crippen molar-refractivity contribution in [3.8, 4) is 0 Å². The number of hydrogen-bond donors (Lipinski definition) is 0. The van der Waals surface area contributed by atoms with Crippen LogP contribution in [0.1, 0.15) is 24.8 Å². The van der Waals surface area contributed by atoms with E-state index in [4.69, 9.17) is 0 Å². The third-order valence-corrected chi connectivity index (χ3v) is 5.79. The molecule has 4 rings (SSSR count). The first-order chi connectivity index (χ1) is 11.3. The van der Waals surface area contributed by atoms with Crippen molar-refractivity contribution in [2.24, 2.45) is 5.41 Å². The smallest absolute Gasteiger partial charge is 0.234 e. The van der Waals surface area contributed by atoms with Crippen LogP contribution in [0.3, 0.4) is 0 Å². The molecule has 1 amide bonds. The van der Waals surface area contributed by atoms with Gasteiger partial charge in [0.2, 0.25) is 5.91 Å². The maximum Gasteiger partial charge on any atom is 0.234 e. The third kappa shape index (κ3) is 2.79. The Morgan fingerprint density at radius 3 is 3.00 bits per heavy atom. The van der Waals surface area contributed by atoms with Gasteiger partial charge in [0.05, 0.1) is 11.1 Å². The second-order valence-corrected chi connectivity index (χ2v) is 7.42. The Morgan fingerprint density at radius 2 is 2.22 bits per heavy atom. The average molecular weight is 327 g/mol. The van der Waals surface area contributed by atoms with Gasteiger partial charge in [0, 0.05) is 37.4 Å². The average Bonchev–Trinajstić information content (AvgIpc) is 3.19. The summed E-state index contributed by atoms with van der Waals surface area (Å²) in [6.45, 7) is 3.70. The molecule has 0 saturated carbocycles. The molecule has 2 aliphatic rings. The van der Waals surface area contributed by atoms with Crippen LogP contribution in [0.25, 0.3) is 0 Å². The van der Waals surface area contributed by atoms with Gasteiger partial charge < -0.3 is 4.90 Å². The van der Waals surface area contributed by atoms with Gasteiger partial charge in [-0.05, 0) is 48.9 Å². The molecule has 2 aromatic heterocycles. The van der Waals surface area contributed by atoms with Crippen molar-refractivity contribution < 1.29 is 4.79 Å². The summed E-state index contributed by atoms with van der Waals surface area (Å²) in [4.78, 5) is 21.7. The lowest BCUT2D eigenvalue weighted by atomic mass is 9.78. The normalized spacial score (nSPS) is 25.4. The van der Waals surface area contributed by atoms with Gasteiger partial charge in [-0.2, -0.15) is 11.3 Å². The molecule has 2 aliphatic heterocycles. The Morgan fingerprint density at radius 1 is 1.26 bits per heavy atom. The highest BCUT2D eigenvalue weighted by Crippen LogP contribution is 2.42. The Balaban J connectivity index is 1.49. The first-order valence-corrected chi connectivity index (χ1v) is 9.17. The maximum absolute atomic E-state index is 13.1. The lowest BCUT2D eigenvalue weighted by Crippen LogP contribution is -2.47. The number of piperidine rings is 1. The van der Waals surface area contributed by atoms with E-state index < -0.39 is 0 Å². The van der Waals surface area contributed by atoms with Gasteiger partial charge in [-0.3, -0.25) is 14.7 Å². The topological polar surface area (TPSA) is 36.4 Å². The molecule has 0 bridgehead atoms. The van der Waals surface area contributed by atoms with E-state index in [0.717, 1.165) is 51.1 Å². The van der Waals surface area contributed by atoms with Gasteiger partial charge in [-0.25, -0.2) is 0 Å². The summed E-state index contributed by atoms with van der Waals surface area (Å²) in [6.07, 6.45) is 6.83. The van der Waals surface area contributed by atoms with Crippen molar-refractivity contribution in [1.82, 2.24) is 9.88 Å². The lowest BCUT2D eigenvalue weighted by Gasteiger charge is -2.39. The van der Waals surface area contributed by atoms with Crippen LogP contribution < -0.4 is 4.90 Å². The van der Waals surface area contributed by atoms with Crippen molar-refractivity contribution in [3.63, 3.8) is 0 Å². The minimum absolute atomic E-state index is 0.178. The van der Waals surface area contributed by atoms with E-state index in [1.807, 2.05) is 22.5 Å². The summed E-state index contributed by atoms with van der Waals surface area (Å²) in [5, 5.41) is 4.12. The molecule has 0 N–H and O–H groups in total. The van der Waals surface area contributed by atoms with Crippen molar-refractivity contribution in [3.05, 3.63) is 46.9 Å². The highest BCUT2D eigenvalue weighted by molar-refractivity contribution is 7.08. The highest BCUT2D eigenvalue weighted by Gasteiger charge is 2.49. The molecule has 2 fully saturated rings. The van der Waals surface area contributed by atoms with Gasteiger partial charge in [-0.15, -0.1) is 0 Å². The van der Waals surface area contributed by atoms with E-state index in [9.17, 15) is 4.79 Å². The Hall–Kier alpha value is -1.72. The summed E-state index contributed by atoms with van der Waals surface area (Å²) in [7, 11) is 0. The third-order valence-electron chi connectivity index (χ3n) is 5.12. The van der Waals surface area contributed by atoms with Gasteiger partial charge in [0.15, 0.2) is 0 Å². The van der Waals surface area contributed by atoms with E-state index in [0.29, 0.717) is 5.91 Å². The second-order valence-electron chi connectivity index (χ2n) is 6.64. The molecule has 4 heterocycles. The summed E-state index contributed by atoms with van der Waals surface area (Å²) < 4.78 is 0. The Kier molecular flexibility index (Phi) is 3.91. The standard InChI is InChI=1S/C18H21N3OS/c22-17-18(6-9-21(17)16-4-10-23-13-16)5-2-8-20(14-18)12-15-3-1-7-19-11-15/h1,3-4,7,10-11,13H,2,5-6,8-9,12,14H2. The van der Waals surface area contributed by atoms with E-state index in [2.05, 4.69) is 27.4 Å². The zero-order chi connectivity index (χ0) is 15.7. The molecule has 1 unspecified atom stereocenters.